The highest BCUT2D eigenvalue weighted by Gasteiger charge is 2.28. The number of carbonyl (C=O) groups is 1. The Hall–Kier alpha value is -3.80. The first kappa shape index (κ1) is 20.5. The minimum atomic E-state index is -0.422. The molecule has 1 heterocycles. The number of amides is 1. The number of nitrogens with one attached hydrogen (secondary N) is 1. The first-order valence-electron chi connectivity index (χ1n) is 10.2. The number of nitrogen functional groups attached to an aromatic ring is 1. The van der Waals surface area contributed by atoms with E-state index in [1.54, 1.807) is 19.2 Å². The Labute approximate surface area is 181 Å². The molecule has 0 atom stereocenters. The molecule has 1 amide bonds. The maximum atomic E-state index is 12.2. The molecule has 0 aliphatic heterocycles. The first-order valence-corrected chi connectivity index (χ1v) is 10.2. The summed E-state index contributed by atoms with van der Waals surface area (Å²) in [5.74, 6) is 0.561. The fourth-order valence-electron chi connectivity index (χ4n) is 3.82. The third-order valence-corrected chi connectivity index (χ3v) is 5.34. The van der Waals surface area contributed by atoms with Gasteiger partial charge in [0.05, 0.1) is 18.5 Å². The highest BCUT2D eigenvalue weighted by molar-refractivity contribution is 5.79. The van der Waals surface area contributed by atoms with Crippen LogP contribution in [-0.2, 0) is 4.74 Å². The summed E-state index contributed by atoms with van der Waals surface area (Å²) in [5.41, 5.74) is 11.9. The van der Waals surface area contributed by atoms with Crippen molar-refractivity contribution < 1.29 is 14.3 Å². The lowest BCUT2D eigenvalue weighted by Crippen LogP contribution is -2.26. The number of benzene rings is 2. The van der Waals surface area contributed by atoms with E-state index in [-0.39, 0.29) is 5.92 Å². The molecular weight excluding hydrogens is 390 g/mol. The van der Waals surface area contributed by atoms with Crippen LogP contribution in [0.5, 0.6) is 5.88 Å². The number of nitrogens with zero attached hydrogens (tertiary/aromatic N) is 1. The second kappa shape index (κ2) is 9.34. The molecule has 2 aromatic carbocycles. The van der Waals surface area contributed by atoms with Gasteiger partial charge in [-0.25, -0.2) is 9.78 Å². The number of carbonyl (C=O) groups excluding carboxylic acids is 1. The lowest BCUT2D eigenvalue weighted by Gasteiger charge is -2.14. The van der Waals surface area contributed by atoms with Crippen LogP contribution >= 0.6 is 0 Å². The van der Waals surface area contributed by atoms with E-state index in [9.17, 15) is 4.79 Å². The van der Waals surface area contributed by atoms with E-state index in [1.165, 1.54) is 22.3 Å². The van der Waals surface area contributed by atoms with Gasteiger partial charge in [-0.1, -0.05) is 54.6 Å². The van der Waals surface area contributed by atoms with Gasteiger partial charge in [0.2, 0.25) is 5.88 Å². The summed E-state index contributed by atoms with van der Waals surface area (Å²) in [7, 11) is 1.56. The number of hydrogen-bond donors (Lipinski definition) is 2. The van der Waals surface area contributed by atoms with Gasteiger partial charge < -0.3 is 20.5 Å². The highest BCUT2D eigenvalue weighted by atomic mass is 16.5. The molecule has 1 aliphatic carbocycles. The molecular formula is C25H25N3O3. The van der Waals surface area contributed by atoms with Crippen LogP contribution in [0.4, 0.5) is 10.5 Å². The second-order valence-corrected chi connectivity index (χ2v) is 7.27. The first-order chi connectivity index (χ1) is 15.2. The molecule has 6 nitrogen and oxygen atoms in total. The Morgan fingerprint density at radius 1 is 1.06 bits per heavy atom. The minimum absolute atomic E-state index is 0.0557. The Morgan fingerprint density at radius 3 is 2.42 bits per heavy atom. The van der Waals surface area contributed by atoms with E-state index in [4.69, 9.17) is 15.2 Å². The van der Waals surface area contributed by atoms with Crippen LogP contribution in [0, 0.1) is 0 Å². The zero-order chi connectivity index (χ0) is 21.6. The van der Waals surface area contributed by atoms with E-state index in [0.29, 0.717) is 36.8 Å². The molecule has 158 valence electrons. The van der Waals surface area contributed by atoms with Crippen molar-refractivity contribution in [3.05, 3.63) is 83.6 Å². The summed E-state index contributed by atoms with van der Waals surface area (Å²) < 4.78 is 10.6. The van der Waals surface area contributed by atoms with Gasteiger partial charge in [-0.3, -0.25) is 0 Å². The Kier molecular flexibility index (Phi) is 6.17. The van der Waals surface area contributed by atoms with E-state index < -0.39 is 6.09 Å². The monoisotopic (exact) mass is 415 g/mol. The molecule has 1 aliphatic rings. The quantitative estimate of drug-likeness (QED) is 0.550. The lowest BCUT2D eigenvalue weighted by molar-refractivity contribution is 0.143. The van der Waals surface area contributed by atoms with E-state index >= 15 is 0 Å². The van der Waals surface area contributed by atoms with Gasteiger partial charge in [-0.2, -0.15) is 0 Å². The fourth-order valence-corrected chi connectivity index (χ4v) is 3.82. The smallest absolute Gasteiger partial charge is 0.407 e. The molecule has 0 spiro atoms. The normalized spacial score (nSPS) is 12.4. The molecule has 1 aromatic heterocycles. The van der Waals surface area contributed by atoms with Gasteiger partial charge in [-0.05, 0) is 40.8 Å². The van der Waals surface area contributed by atoms with Gasteiger partial charge in [0.25, 0.3) is 0 Å². The zero-order valence-electron chi connectivity index (χ0n) is 17.4. The average molecular weight is 415 g/mol. The fraction of sp³-hybridized carbons (Fsp3) is 0.200. The number of methoxy groups -OCH3 is 1. The molecule has 0 bridgehead atoms. The number of nitrogens with two attached hydrogens (primary N) is 1. The van der Waals surface area contributed by atoms with E-state index in [1.807, 2.05) is 36.4 Å². The zero-order valence-corrected chi connectivity index (χ0v) is 17.4. The molecule has 31 heavy (non-hydrogen) atoms. The van der Waals surface area contributed by atoms with Crippen LogP contribution in [-0.4, -0.2) is 31.3 Å². The largest absolute Gasteiger partial charge is 0.481 e. The molecule has 3 N–H and O–H groups in total. The number of anilines is 1. The van der Waals surface area contributed by atoms with Crippen molar-refractivity contribution in [1.29, 1.82) is 0 Å². The van der Waals surface area contributed by atoms with Gasteiger partial charge in [-0.15, -0.1) is 0 Å². The number of fused-ring (bicyclic) bond motifs is 3. The number of pyridine rings is 1. The molecule has 0 saturated heterocycles. The van der Waals surface area contributed by atoms with Crippen molar-refractivity contribution >= 4 is 17.9 Å². The predicted molar refractivity (Wildman–Crippen MR) is 122 cm³/mol. The minimum Gasteiger partial charge on any atom is -0.481 e. The van der Waals surface area contributed by atoms with Crippen molar-refractivity contribution in [1.82, 2.24) is 10.3 Å². The summed E-state index contributed by atoms with van der Waals surface area (Å²) in [6.45, 7) is 0.761. The van der Waals surface area contributed by atoms with Crippen LogP contribution in [0.2, 0.25) is 0 Å². The third-order valence-electron chi connectivity index (χ3n) is 5.34. The molecule has 0 fully saturated rings. The van der Waals surface area contributed by atoms with Crippen LogP contribution in [0.25, 0.3) is 17.2 Å². The maximum absolute atomic E-state index is 12.2. The summed E-state index contributed by atoms with van der Waals surface area (Å²) in [4.78, 5) is 16.5. The summed E-state index contributed by atoms with van der Waals surface area (Å²) in [6.07, 6.45) is 3.93. The number of alkyl carbamates (subject to hydrolysis) is 1. The van der Waals surface area contributed by atoms with Crippen molar-refractivity contribution in [3.63, 3.8) is 0 Å². The second-order valence-electron chi connectivity index (χ2n) is 7.27. The number of aromatic nitrogens is 1. The van der Waals surface area contributed by atoms with Crippen molar-refractivity contribution in [3.8, 4) is 17.0 Å². The standard InChI is InChI=1S/C25H25N3O3/c1-30-24-14-13-22(26)23(28-24)12-6-7-15-27-25(29)31-16-21-19-10-4-2-8-17(19)18-9-3-5-11-20(18)21/h2-6,8-14,21H,7,15-16,26H2,1H3,(H,27,29). The van der Waals surface area contributed by atoms with Crippen molar-refractivity contribution in [2.75, 3.05) is 26.0 Å². The van der Waals surface area contributed by atoms with Crippen LogP contribution in [0.15, 0.2) is 66.7 Å². The molecule has 0 radical (unpaired) electrons. The number of hydrogen-bond acceptors (Lipinski definition) is 5. The molecule has 0 unspecified atom stereocenters. The Balaban J connectivity index is 1.28. The summed E-state index contributed by atoms with van der Waals surface area (Å²) in [6, 6.07) is 20.0. The Bertz CT molecular complexity index is 1070. The van der Waals surface area contributed by atoms with Gasteiger partial charge >= 0.3 is 6.09 Å². The third kappa shape index (κ3) is 4.53. The Morgan fingerprint density at radius 2 is 1.74 bits per heavy atom. The molecule has 6 heteroatoms. The molecule has 4 rings (SSSR count). The van der Waals surface area contributed by atoms with Crippen molar-refractivity contribution in [2.24, 2.45) is 0 Å². The van der Waals surface area contributed by atoms with Crippen molar-refractivity contribution in [2.45, 2.75) is 12.3 Å². The van der Waals surface area contributed by atoms with Gasteiger partial charge in [0.1, 0.15) is 6.61 Å². The van der Waals surface area contributed by atoms with Gasteiger partial charge in [0.15, 0.2) is 0 Å². The van der Waals surface area contributed by atoms with Crippen LogP contribution in [0.1, 0.15) is 29.2 Å². The van der Waals surface area contributed by atoms with E-state index in [0.717, 1.165) is 0 Å². The van der Waals surface area contributed by atoms with Crippen LogP contribution < -0.4 is 15.8 Å². The topological polar surface area (TPSA) is 86.5 Å². The number of ether oxygens (including phenoxy) is 2. The van der Waals surface area contributed by atoms with Gasteiger partial charge in [0, 0.05) is 18.5 Å². The predicted octanol–water partition coefficient (Wildman–Crippen LogP) is 4.61. The summed E-state index contributed by atoms with van der Waals surface area (Å²) in [5, 5.41) is 2.79. The van der Waals surface area contributed by atoms with E-state index in [2.05, 4.69) is 34.6 Å². The summed E-state index contributed by atoms with van der Waals surface area (Å²) >= 11 is 0. The number of rotatable bonds is 7. The lowest BCUT2D eigenvalue weighted by atomic mass is 9.98. The maximum Gasteiger partial charge on any atom is 0.407 e. The molecule has 0 saturated carbocycles. The highest BCUT2D eigenvalue weighted by Crippen LogP contribution is 2.44. The average Bonchev–Trinajstić information content (AvgIpc) is 3.12. The van der Waals surface area contributed by atoms with Crippen LogP contribution in [0.3, 0.4) is 0 Å². The molecule has 3 aromatic rings. The SMILES string of the molecule is COc1ccc(N)c(C=CCCNC(=O)OCC2c3ccccc3-c3ccccc32)n1.